The lowest BCUT2D eigenvalue weighted by Crippen LogP contribution is -2.00. The molecule has 0 saturated carbocycles. The lowest BCUT2D eigenvalue weighted by Gasteiger charge is -2.06. The van der Waals surface area contributed by atoms with Crippen LogP contribution >= 0.6 is 11.8 Å². The van der Waals surface area contributed by atoms with Gasteiger partial charge in [-0.3, -0.25) is 10.1 Å². The standard InChI is InChI=1S/C8H3F3N2O2S/c9-8(10,11)16-7-2-1-6(13(14)15)3-5(7)4-12/h1-3H. The van der Waals surface area contributed by atoms with E-state index >= 15 is 0 Å². The summed E-state index contributed by atoms with van der Waals surface area (Å²) in [6, 6.07) is 4.14. The Kier molecular flexibility index (Phi) is 3.39. The fourth-order valence-corrected chi connectivity index (χ4v) is 1.53. The van der Waals surface area contributed by atoms with Gasteiger partial charge >= 0.3 is 5.51 Å². The zero-order valence-electron chi connectivity index (χ0n) is 7.49. The van der Waals surface area contributed by atoms with Crippen LogP contribution in [0.4, 0.5) is 18.9 Å². The van der Waals surface area contributed by atoms with Gasteiger partial charge in [0.1, 0.15) is 6.07 Å². The Hall–Kier alpha value is -1.75. The van der Waals surface area contributed by atoms with Gasteiger partial charge in [0.25, 0.3) is 5.69 Å². The molecule has 84 valence electrons. The van der Waals surface area contributed by atoms with Crippen molar-refractivity contribution in [3.63, 3.8) is 0 Å². The lowest BCUT2D eigenvalue weighted by molar-refractivity contribution is -0.384. The number of thioether (sulfide) groups is 1. The number of halogens is 3. The highest BCUT2D eigenvalue weighted by molar-refractivity contribution is 8.00. The fourth-order valence-electron chi connectivity index (χ4n) is 0.933. The van der Waals surface area contributed by atoms with E-state index in [0.29, 0.717) is 0 Å². The van der Waals surface area contributed by atoms with Gasteiger partial charge in [-0.1, -0.05) is 0 Å². The van der Waals surface area contributed by atoms with Gasteiger partial charge in [-0.2, -0.15) is 18.4 Å². The van der Waals surface area contributed by atoms with E-state index in [1.807, 2.05) is 0 Å². The Bertz CT molecular complexity index is 467. The molecule has 0 unspecified atom stereocenters. The molecule has 0 radical (unpaired) electrons. The Morgan fingerprint density at radius 2 is 2.06 bits per heavy atom. The van der Waals surface area contributed by atoms with Crippen molar-refractivity contribution in [3.05, 3.63) is 33.9 Å². The first-order valence-electron chi connectivity index (χ1n) is 3.78. The maximum atomic E-state index is 12.0. The van der Waals surface area contributed by atoms with Gasteiger partial charge in [0.2, 0.25) is 0 Å². The Labute approximate surface area is 91.8 Å². The minimum atomic E-state index is -4.53. The van der Waals surface area contributed by atoms with E-state index in [2.05, 4.69) is 0 Å². The molecule has 1 rings (SSSR count). The summed E-state index contributed by atoms with van der Waals surface area (Å²) in [5.74, 6) is 0. The quantitative estimate of drug-likeness (QED) is 0.458. The second-order valence-electron chi connectivity index (χ2n) is 2.60. The highest BCUT2D eigenvalue weighted by Crippen LogP contribution is 2.39. The number of hydrogen-bond donors (Lipinski definition) is 0. The summed E-state index contributed by atoms with van der Waals surface area (Å²) in [4.78, 5) is 9.21. The largest absolute Gasteiger partial charge is 0.446 e. The van der Waals surface area contributed by atoms with Gasteiger partial charge in [-0.05, 0) is 17.8 Å². The van der Waals surface area contributed by atoms with Crippen LogP contribution in [0.15, 0.2) is 23.1 Å². The van der Waals surface area contributed by atoms with E-state index in [4.69, 9.17) is 5.26 Å². The fraction of sp³-hybridized carbons (Fsp3) is 0.125. The van der Waals surface area contributed by atoms with Crippen molar-refractivity contribution in [2.24, 2.45) is 0 Å². The number of nitriles is 1. The highest BCUT2D eigenvalue weighted by atomic mass is 32.2. The van der Waals surface area contributed by atoms with Gasteiger partial charge < -0.3 is 0 Å². The predicted molar refractivity (Wildman–Crippen MR) is 49.7 cm³/mol. The van der Waals surface area contributed by atoms with Crippen molar-refractivity contribution in [1.82, 2.24) is 0 Å². The van der Waals surface area contributed by atoms with Crippen molar-refractivity contribution < 1.29 is 18.1 Å². The molecule has 0 aliphatic carbocycles. The molecule has 0 heterocycles. The molecule has 0 aromatic heterocycles. The third-order valence-electron chi connectivity index (χ3n) is 1.52. The molecule has 0 aliphatic heterocycles. The molecule has 4 nitrogen and oxygen atoms in total. The van der Waals surface area contributed by atoms with Crippen LogP contribution in [0.2, 0.25) is 0 Å². The molecule has 1 aromatic carbocycles. The van der Waals surface area contributed by atoms with E-state index < -0.39 is 27.9 Å². The zero-order chi connectivity index (χ0) is 12.3. The van der Waals surface area contributed by atoms with E-state index in [1.54, 1.807) is 0 Å². The maximum absolute atomic E-state index is 12.0. The summed E-state index contributed by atoms with van der Waals surface area (Å²) in [5.41, 5.74) is -5.30. The van der Waals surface area contributed by atoms with Crippen LogP contribution in [0.25, 0.3) is 0 Å². The second-order valence-corrected chi connectivity index (χ2v) is 3.70. The van der Waals surface area contributed by atoms with Crippen molar-refractivity contribution >= 4 is 17.4 Å². The van der Waals surface area contributed by atoms with Gasteiger partial charge in [-0.25, -0.2) is 0 Å². The molecule has 0 aliphatic rings. The van der Waals surface area contributed by atoms with Crippen LogP contribution in [0.5, 0.6) is 0 Å². The van der Waals surface area contributed by atoms with Crippen LogP contribution < -0.4 is 0 Å². The molecule has 0 bridgehead atoms. The summed E-state index contributed by atoms with van der Waals surface area (Å²) < 4.78 is 36.1. The number of hydrogen-bond acceptors (Lipinski definition) is 4. The molecule has 16 heavy (non-hydrogen) atoms. The number of alkyl halides is 3. The first-order chi connectivity index (χ1) is 7.33. The van der Waals surface area contributed by atoms with Crippen LogP contribution in [-0.4, -0.2) is 10.4 Å². The number of nitro benzene ring substituents is 1. The molecule has 0 saturated heterocycles. The normalized spacial score (nSPS) is 10.9. The van der Waals surface area contributed by atoms with Gasteiger partial charge in [0.15, 0.2) is 0 Å². The average Bonchev–Trinajstić information content (AvgIpc) is 2.15. The van der Waals surface area contributed by atoms with Crippen LogP contribution in [0.3, 0.4) is 0 Å². The number of nitrogens with zero attached hydrogens (tertiary/aromatic N) is 2. The summed E-state index contributed by atoms with van der Waals surface area (Å²) in [6.45, 7) is 0. The SMILES string of the molecule is N#Cc1cc([N+](=O)[O-])ccc1SC(F)(F)F. The van der Waals surface area contributed by atoms with Crippen molar-refractivity contribution in [2.45, 2.75) is 10.4 Å². The summed E-state index contributed by atoms with van der Waals surface area (Å²) in [6.07, 6.45) is 0. The number of rotatable bonds is 2. The summed E-state index contributed by atoms with van der Waals surface area (Å²) in [7, 11) is 0. The zero-order valence-corrected chi connectivity index (χ0v) is 8.30. The Balaban J connectivity index is 3.14. The second kappa shape index (κ2) is 4.40. The topological polar surface area (TPSA) is 66.9 Å². The van der Waals surface area contributed by atoms with Gasteiger partial charge in [0.05, 0.1) is 10.5 Å². The number of nitro groups is 1. The Morgan fingerprint density at radius 3 is 2.50 bits per heavy atom. The van der Waals surface area contributed by atoms with Gasteiger partial charge in [0, 0.05) is 17.0 Å². The molecule has 1 aromatic rings. The minimum absolute atomic E-state index is 0.347. The third-order valence-corrected chi connectivity index (χ3v) is 2.33. The molecule has 0 N–H and O–H groups in total. The molecule has 0 atom stereocenters. The molecule has 0 fully saturated rings. The Morgan fingerprint density at radius 1 is 1.44 bits per heavy atom. The molecule has 0 amide bonds. The first-order valence-corrected chi connectivity index (χ1v) is 4.59. The van der Waals surface area contributed by atoms with Crippen molar-refractivity contribution in [3.8, 4) is 6.07 Å². The van der Waals surface area contributed by atoms with Crippen LogP contribution in [-0.2, 0) is 0 Å². The maximum Gasteiger partial charge on any atom is 0.446 e. The predicted octanol–water partition coefficient (Wildman–Crippen LogP) is 3.08. The lowest BCUT2D eigenvalue weighted by atomic mass is 10.2. The first kappa shape index (κ1) is 12.3. The number of benzene rings is 1. The molecular formula is C8H3F3N2O2S. The van der Waals surface area contributed by atoms with E-state index in [1.165, 1.54) is 6.07 Å². The van der Waals surface area contributed by atoms with Gasteiger partial charge in [-0.15, -0.1) is 0 Å². The van der Waals surface area contributed by atoms with E-state index in [9.17, 15) is 23.3 Å². The van der Waals surface area contributed by atoms with Crippen molar-refractivity contribution in [1.29, 1.82) is 5.26 Å². The molecule has 0 spiro atoms. The average molecular weight is 248 g/mol. The van der Waals surface area contributed by atoms with E-state index in [-0.39, 0.29) is 10.5 Å². The van der Waals surface area contributed by atoms with Crippen LogP contribution in [0, 0.1) is 21.4 Å². The molecular weight excluding hydrogens is 245 g/mol. The van der Waals surface area contributed by atoms with Crippen molar-refractivity contribution in [2.75, 3.05) is 0 Å². The monoisotopic (exact) mass is 248 g/mol. The van der Waals surface area contributed by atoms with Crippen LogP contribution in [0.1, 0.15) is 5.56 Å². The summed E-state index contributed by atoms with van der Waals surface area (Å²) in [5, 5.41) is 18.9. The summed E-state index contributed by atoms with van der Waals surface area (Å²) >= 11 is -0.473. The number of non-ortho nitro benzene ring substituents is 1. The minimum Gasteiger partial charge on any atom is -0.258 e. The third kappa shape index (κ3) is 3.13. The smallest absolute Gasteiger partial charge is 0.258 e. The van der Waals surface area contributed by atoms with E-state index in [0.717, 1.165) is 18.2 Å². The molecule has 8 heteroatoms. The highest BCUT2D eigenvalue weighted by Gasteiger charge is 2.30.